The number of para-hydroxylation sites is 3. The zero-order chi connectivity index (χ0) is 23.7. The van der Waals surface area contributed by atoms with Gasteiger partial charge in [0.05, 0.1) is 17.5 Å². The first-order chi connectivity index (χ1) is 15.8. The Morgan fingerprint density at radius 3 is 2.11 bits per heavy atom. The van der Waals surface area contributed by atoms with E-state index in [9.17, 15) is 10.1 Å². The largest absolute Gasteiger partial charge is 0.349 e. The second-order valence-electron chi connectivity index (χ2n) is 5.99. The minimum absolute atomic E-state index is 0.0138. The molecule has 0 radical (unpaired) electrons. The van der Waals surface area contributed by atoms with E-state index < -0.39 is 23.1 Å². The average molecular weight is 371 g/mol. The smallest absolute Gasteiger partial charge is 0.292 e. The topological polar surface area (TPSA) is 55.2 Å². The molecule has 0 saturated heterocycles. The van der Waals surface area contributed by atoms with Crippen molar-refractivity contribution < 1.29 is 11.8 Å². The number of nitrogens with one attached hydrogen (secondary N) is 1. The first kappa shape index (κ1) is 12.5. The van der Waals surface area contributed by atoms with Gasteiger partial charge in [-0.15, -0.1) is 0 Å². The number of nitrogens with zero attached hydrogens (tertiary/aromatic N) is 1. The molecule has 0 bridgehead atoms. The molecule has 4 aromatic carbocycles. The van der Waals surface area contributed by atoms with Gasteiger partial charge < -0.3 is 5.32 Å². The van der Waals surface area contributed by atoms with E-state index in [1.54, 1.807) is 30.3 Å². The van der Waals surface area contributed by atoms with Crippen LogP contribution in [0.4, 0.5) is 17.1 Å². The van der Waals surface area contributed by atoms with Gasteiger partial charge in [0.25, 0.3) is 5.69 Å². The van der Waals surface area contributed by atoms with Gasteiger partial charge in [0, 0.05) is 17.2 Å². The van der Waals surface area contributed by atoms with E-state index in [4.69, 9.17) is 6.85 Å². The van der Waals surface area contributed by atoms with Crippen LogP contribution in [0, 0.1) is 10.1 Å². The fraction of sp³-hybridized carbons (Fsp3) is 0. The van der Waals surface area contributed by atoms with Gasteiger partial charge >= 0.3 is 0 Å². The van der Waals surface area contributed by atoms with Crippen LogP contribution in [0.2, 0.25) is 0 Å². The Hall–Kier alpha value is -3.92. The molecule has 0 atom stereocenters. The molecule has 4 nitrogen and oxygen atoms in total. The molecule has 0 saturated carbocycles. The van der Waals surface area contributed by atoms with E-state index in [-0.39, 0.29) is 29.0 Å². The Balaban J connectivity index is 2.05. The monoisotopic (exact) mass is 371 g/mol. The fourth-order valence-electron chi connectivity index (χ4n) is 3.01. The van der Waals surface area contributed by atoms with Crippen LogP contribution in [-0.2, 0) is 0 Å². The maximum Gasteiger partial charge on any atom is 0.292 e. The number of rotatable bonds is 5. The van der Waals surface area contributed by atoms with Crippen LogP contribution >= 0.6 is 0 Å². The third kappa shape index (κ3) is 3.48. The number of benzene rings is 4. The Bertz CT molecular complexity index is 1350. The molecule has 0 aliphatic rings. The van der Waals surface area contributed by atoms with Gasteiger partial charge in [0.1, 0.15) is 5.69 Å². The van der Waals surface area contributed by atoms with Crippen LogP contribution in [0.5, 0.6) is 0 Å². The lowest BCUT2D eigenvalue weighted by Crippen LogP contribution is -2.00. The van der Waals surface area contributed by atoms with Gasteiger partial charge in [-0.25, -0.2) is 0 Å². The molecular weight excluding hydrogens is 348 g/mol. The average Bonchev–Trinajstić information content (AvgIpc) is 2.83. The van der Waals surface area contributed by atoms with Gasteiger partial charge in [-0.2, -0.15) is 0 Å². The first-order valence-corrected chi connectivity index (χ1v) is 8.57. The summed E-state index contributed by atoms with van der Waals surface area (Å²) in [7, 11) is 0. The lowest BCUT2D eigenvalue weighted by atomic mass is 9.95. The summed E-state index contributed by atoms with van der Waals surface area (Å²) in [4.78, 5) is 11.1. The zero-order valence-corrected chi connectivity index (χ0v) is 14.7. The molecule has 28 heavy (non-hydrogen) atoms. The lowest BCUT2D eigenvalue weighted by molar-refractivity contribution is -0.383. The molecule has 4 aromatic rings. The molecule has 0 amide bonds. The number of nitro benzene ring substituents is 1. The van der Waals surface area contributed by atoms with Crippen molar-refractivity contribution in [3.05, 3.63) is 113 Å². The van der Waals surface area contributed by atoms with E-state index >= 15 is 0 Å². The van der Waals surface area contributed by atoms with Crippen molar-refractivity contribution in [3.63, 3.8) is 0 Å². The molecule has 4 heteroatoms. The van der Waals surface area contributed by atoms with E-state index in [0.717, 1.165) is 5.56 Å². The zero-order valence-electron chi connectivity index (χ0n) is 19.7. The summed E-state index contributed by atoms with van der Waals surface area (Å²) in [6.07, 6.45) is 0. The van der Waals surface area contributed by atoms with Gasteiger partial charge in [-0.1, -0.05) is 90.9 Å². The number of anilines is 2. The predicted octanol–water partition coefficient (Wildman–Crippen LogP) is 6.67. The Kier molecular flexibility index (Phi) is 3.45. The highest BCUT2D eigenvalue weighted by Crippen LogP contribution is 2.40. The summed E-state index contributed by atoms with van der Waals surface area (Å²) in [6, 6.07) is 18.5. The molecule has 0 unspecified atom stereocenters. The highest BCUT2D eigenvalue weighted by Gasteiger charge is 2.17. The van der Waals surface area contributed by atoms with Crippen molar-refractivity contribution >= 4 is 17.1 Å². The Morgan fingerprint density at radius 1 is 0.750 bits per heavy atom. The minimum Gasteiger partial charge on any atom is -0.349 e. The quantitative estimate of drug-likeness (QED) is 0.315. The van der Waals surface area contributed by atoms with Crippen molar-refractivity contribution in [1.29, 1.82) is 0 Å². The first-order valence-electron chi connectivity index (χ1n) is 11.1. The summed E-state index contributed by atoms with van der Waals surface area (Å²) in [5, 5.41) is 14.7. The molecule has 0 heterocycles. The second-order valence-corrected chi connectivity index (χ2v) is 5.99. The van der Waals surface area contributed by atoms with Gasteiger partial charge in [0.2, 0.25) is 0 Å². The molecule has 0 aromatic heterocycles. The Labute approximate surface area is 170 Å². The van der Waals surface area contributed by atoms with Crippen molar-refractivity contribution in [3.8, 4) is 22.3 Å². The van der Waals surface area contributed by atoms with Crippen molar-refractivity contribution in [2.45, 2.75) is 0 Å². The molecule has 4 rings (SSSR count). The minimum atomic E-state index is -0.502. The van der Waals surface area contributed by atoms with Crippen LogP contribution in [-0.4, -0.2) is 4.92 Å². The molecule has 136 valence electrons. The van der Waals surface area contributed by atoms with Crippen LogP contribution < -0.4 is 5.32 Å². The molecular formula is C24H18N2O2. The second kappa shape index (κ2) is 7.76. The standard InChI is InChI=1S/C24H18N2O2/c27-26(28)23-17-8-7-16-22(23)25-24-20(18-10-3-1-4-11-18)14-9-15-21(24)19-12-5-2-6-13-19/h1-17,25H/i1D,3D,4D,10D,11D. The highest BCUT2D eigenvalue weighted by atomic mass is 16.6. The van der Waals surface area contributed by atoms with E-state index in [1.165, 1.54) is 6.07 Å². The Morgan fingerprint density at radius 2 is 1.39 bits per heavy atom. The van der Waals surface area contributed by atoms with Gasteiger partial charge in [0.15, 0.2) is 0 Å². The summed E-state index contributed by atoms with van der Waals surface area (Å²) in [6.45, 7) is 0. The summed E-state index contributed by atoms with van der Waals surface area (Å²) in [5.74, 6) is 0. The van der Waals surface area contributed by atoms with E-state index in [0.29, 0.717) is 16.8 Å². The maximum absolute atomic E-state index is 11.6. The fourth-order valence-corrected chi connectivity index (χ4v) is 3.01. The van der Waals surface area contributed by atoms with Crippen LogP contribution in [0.1, 0.15) is 6.85 Å². The third-order valence-electron chi connectivity index (χ3n) is 4.28. The highest BCUT2D eigenvalue weighted by molar-refractivity contribution is 5.93. The van der Waals surface area contributed by atoms with Crippen LogP contribution in [0.3, 0.4) is 0 Å². The number of hydrogen-bond acceptors (Lipinski definition) is 3. The van der Waals surface area contributed by atoms with Crippen molar-refractivity contribution in [2.24, 2.45) is 0 Å². The number of hydrogen-bond donors (Lipinski definition) is 1. The van der Waals surface area contributed by atoms with Gasteiger partial charge in [-0.3, -0.25) is 10.1 Å². The normalized spacial score (nSPS) is 12.9. The van der Waals surface area contributed by atoms with Crippen LogP contribution in [0.25, 0.3) is 22.3 Å². The van der Waals surface area contributed by atoms with Gasteiger partial charge in [-0.05, 0) is 17.2 Å². The van der Waals surface area contributed by atoms with Crippen molar-refractivity contribution in [1.82, 2.24) is 0 Å². The molecule has 0 spiro atoms. The SMILES string of the molecule is [2H]c1c([2H])c([2H])c(-c2cccc(-c3ccccc3)c2Nc2ccccc2[N+](=O)[O-])c([2H])c1[2H]. The summed E-state index contributed by atoms with van der Waals surface area (Å²) in [5.41, 5.74) is 2.29. The number of nitro groups is 1. The maximum atomic E-state index is 11.6. The predicted molar refractivity (Wildman–Crippen MR) is 114 cm³/mol. The van der Waals surface area contributed by atoms with E-state index in [2.05, 4.69) is 5.32 Å². The third-order valence-corrected chi connectivity index (χ3v) is 4.28. The molecule has 1 N–H and O–H groups in total. The molecule has 0 fully saturated rings. The summed E-state index contributed by atoms with van der Waals surface area (Å²) >= 11 is 0. The molecule has 0 aliphatic heterocycles. The molecule has 0 aliphatic carbocycles. The lowest BCUT2D eigenvalue weighted by Gasteiger charge is -2.17. The summed E-state index contributed by atoms with van der Waals surface area (Å²) < 4.78 is 40.9. The van der Waals surface area contributed by atoms with E-state index in [1.807, 2.05) is 36.4 Å². The van der Waals surface area contributed by atoms with Crippen molar-refractivity contribution in [2.75, 3.05) is 5.32 Å². The van der Waals surface area contributed by atoms with Crippen LogP contribution in [0.15, 0.2) is 103 Å².